The Morgan fingerprint density at radius 3 is 2.68 bits per heavy atom. The van der Waals surface area contributed by atoms with Crippen molar-refractivity contribution in [1.29, 1.82) is 0 Å². The lowest BCUT2D eigenvalue weighted by atomic mass is 9.88. The summed E-state index contributed by atoms with van der Waals surface area (Å²) in [5.41, 5.74) is 0.620. The van der Waals surface area contributed by atoms with Crippen LogP contribution in [0.2, 0.25) is 10.0 Å². The number of carbonyl (C=O) groups is 2. The highest BCUT2D eigenvalue weighted by Crippen LogP contribution is 2.36. The van der Waals surface area contributed by atoms with Gasteiger partial charge in [0.25, 0.3) is 0 Å². The van der Waals surface area contributed by atoms with Gasteiger partial charge >= 0.3 is 0 Å². The fraction of sp³-hybridized carbons (Fsp3) is 0.350. The molecule has 0 radical (unpaired) electrons. The predicted molar refractivity (Wildman–Crippen MR) is 109 cm³/mol. The number of amides is 2. The Kier molecular flexibility index (Phi) is 6.10. The molecular weight excluding hydrogens is 401 g/mol. The van der Waals surface area contributed by atoms with Gasteiger partial charge in [0, 0.05) is 47.5 Å². The first-order chi connectivity index (χ1) is 13.3. The van der Waals surface area contributed by atoms with E-state index in [0.717, 1.165) is 5.56 Å². The highest BCUT2D eigenvalue weighted by atomic mass is 35.5. The van der Waals surface area contributed by atoms with E-state index < -0.39 is 5.41 Å². The first-order valence-electron chi connectivity index (χ1n) is 8.93. The van der Waals surface area contributed by atoms with Crippen LogP contribution < -0.4 is 15.0 Å². The molecule has 2 aromatic rings. The van der Waals surface area contributed by atoms with Crippen LogP contribution in [0.1, 0.15) is 25.8 Å². The summed E-state index contributed by atoms with van der Waals surface area (Å²) in [5, 5.41) is 3.79. The zero-order valence-corrected chi connectivity index (χ0v) is 17.2. The smallest absolute Gasteiger partial charge is 0.228 e. The van der Waals surface area contributed by atoms with Crippen LogP contribution >= 0.6 is 23.2 Å². The minimum absolute atomic E-state index is 0.115. The molecule has 2 amide bonds. The van der Waals surface area contributed by atoms with Gasteiger partial charge in [-0.1, -0.05) is 23.2 Å². The third kappa shape index (κ3) is 4.56. The monoisotopic (exact) mass is 421 g/mol. The molecule has 1 N–H and O–H groups in total. The van der Waals surface area contributed by atoms with Crippen molar-refractivity contribution in [1.82, 2.24) is 10.3 Å². The van der Waals surface area contributed by atoms with Gasteiger partial charge in [0.1, 0.15) is 0 Å². The molecule has 1 aliphatic heterocycles. The third-order valence-corrected chi connectivity index (χ3v) is 5.04. The zero-order chi connectivity index (χ0) is 20.3. The van der Waals surface area contributed by atoms with Crippen molar-refractivity contribution in [2.75, 3.05) is 18.1 Å². The Labute approximate surface area is 173 Å². The second-order valence-corrected chi connectivity index (χ2v) is 7.84. The van der Waals surface area contributed by atoms with E-state index in [2.05, 4.69) is 10.3 Å². The molecule has 148 valence electrons. The molecule has 1 fully saturated rings. The SMILES string of the molecule is CCOc1cc(CNC(=O)C2(C)CC(=O)N(c3cc(Cl)cc(Cl)c3)C2)ccn1. The van der Waals surface area contributed by atoms with E-state index in [-0.39, 0.29) is 24.8 Å². The minimum atomic E-state index is -0.846. The standard InChI is InChI=1S/C20H21Cl2N3O3/c1-3-28-17-6-13(4-5-23-17)11-24-19(27)20(2)10-18(26)25(12-20)16-8-14(21)7-15(22)9-16/h4-9H,3,10-12H2,1-2H3,(H,24,27). The van der Waals surface area contributed by atoms with Gasteiger partial charge in [0.2, 0.25) is 17.7 Å². The van der Waals surface area contributed by atoms with E-state index in [1.807, 2.05) is 13.0 Å². The summed E-state index contributed by atoms with van der Waals surface area (Å²) in [5.74, 6) is 0.185. The molecule has 2 heterocycles. The summed E-state index contributed by atoms with van der Waals surface area (Å²) in [4.78, 5) is 31.0. The molecule has 0 spiro atoms. The lowest BCUT2D eigenvalue weighted by molar-refractivity contribution is -0.131. The molecule has 28 heavy (non-hydrogen) atoms. The average Bonchev–Trinajstić information content (AvgIpc) is 2.95. The van der Waals surface area contributed by atoms with Crippen LogP contribution in [0.3, 0.4) is 0 Å². The molecule has 6 nitrogen and oxygen atoms in total. The van der Waals surface area contributed by atoms with E-state index in [0.29, 0.717) is 34.8 Å². The quantitative estimate of drug-likeness (QED) is 0.768. The topological polar surface area (TPSA) is 71.5 Å². The molecule has 0 saturated carbocycles. The van der Waals surface area contributed by atoms with Crippen LogP contribution in [0.4, 0.5) is 5.69 Å². The summed E-state index contributed by atoms with van der Waals surface area (Å²) in [6.45, 7) is 4.77. The van der Waals surface area contributed by atoms with Crippen molar-refractivity contribution in [2.45, 2.75) is 26.8 Å². The number of aromatic nitrogens is 1. The van der Waals surface area contributed by atoms with Crippen molar-refractivity contribution in [3.8, 4) is 5.88 Å². The van der Waals surface area contributed by atoms with Crippen LogP contribution in [-0.2, 0) is 16.1 Å². The van der Waals surface area contributed by atoms with E-state index in [1.54, 1.807) is 42.3 Å². The van der Waals surface area contributed by atoms with Gasteiger partial charge in [0.15, 0.2) is 0 Å². The number of hydrogen-bond donors (Lipinski definition) is 1. The van der Waals surface area contributed by atoms with E-state index in [9.17, 15) is 9.59 Å². The van der Waals surface area contributed by atoms with Crippen molar-refractivity contribution < 1.29 is 14.3 Å². The Balaban J connectivity index is 1.68. The van der Waals surface area contributed by atoms with Gasteiger partial charge in [-0.3, -0.25) is 9.59 Å². The van der Waals surface area contributed by atoms with Crippen LogP contribution in [0.25, 0.3) is 0 Å². The van der Waals surface area contributed by atoms with Crippen molar-refractivity contribution in [3.63, 3.8) is 0 Å². The molecule has 3 rings (SSSR count). The summed E-state index contributed by atoms with van der Waals surface area (Å²) in [6, 6.07) is 8.53. The van der Waals surface area contributed by atoms with Gasteiger partial charge in [-0.2, -0.15) is 0 Å². The highest BCUT2D eigenvalue weighted by molar-refractivity contribution is 6.35. The number of nitrogens with zero attached hydrogens (tertiary/aromatic N) is 2. The molecule has 0 aliphatic carbocycles. The van der Waals surface area contributed by atoms with Gasteiger partial charge in [-0.15, -0.1) is 0 Å². The molecule has 1 atom stereocenters. The first-order valence-corrected chi connectivity index (χ1v) is 9.69. The number of halogens is 2. The maximum absolute atomic E-state index is 12.8. The molecule has 1 saturated heterocycles. The minimum Gasteiger partial charge on any atom is -0.478 e. The number of pyridine rings is 1. The van der Waals surface area contributed by atoms with Crippen LogP contribution in [-0.4, -0.2) is 29.9 Å². The van der Waals surface area contributed by atoms with Gasteiger partial charge in [-0.05, 0) is 43.7 Å². The number of ether oxygens (including phenoxy) is 1. The fourth-order valence-electron chi connectivity index (χ4n) is 3.19. The van der Waals surface area contributed by atoms with Crippen molar-refractivity contribution >= 4 is 40.7 Å². The molecule has 0 bridgehead atoms. The fourth-order valence-corrected chi connectivity index (χ4v) is 3.70. The third-order valence-electron chi connectivity index (χ3n) is 4.60. The summed E-state index contributed by atoms with van der Waals surface area (Å²) in [7, 11) is 0. The molecule has 8 heteroatoms. The number of rotatable bonds is 6. The molecule has 1 unspecified atom stereocenters. The second kappa shape index (κ2) is 8.37. The highest BCUT2D eigenvalue weighted by Gasteiger charge is 2.45. The van der Waals surface area contributed by atoms with Gasteiger partial charge in [-0.25, -0.2) is 4.98 Å². The van der Waals surface area contributed by atoms with Crippen LogP contribution in [0.5, 0.6) is 5.88 Å². The molecule has 1 aliphatic rings. The largest absolute Gasteiger partial charge is 0.478 e. The second-order valence-electron chi connectivity index (χ2n) is 6.96. The summed E-state index contributed by atoms with van der Waals surface area (Å²) in [6.07, 6.45) is 1.75. The summed E-state index contributed by atoms with van der Waals surface area (Å²) >= 11 is 12.1. The van der Waals surface area contributed by atoms with Gasteiger partial charge < -0.3 is 15.0 Å². The van der Waals surface area contributed by atoms with E-state index in [1.165, 1.54) is 0 Å². The number of nitrogens with one attached hydrogen (secondary N) is 1. The van der Waals surface area contributed by atoms with E-state index in [4.69, 9.17) is 27.9 Å². The Hall–Kier alpha value is -2.31. The Morgan fingerprint density at radius 2 is 2.00 bits per heavy atom. The molecule has 1 aromatic heterocycles. The molecule has 1 aromatic carbocycles. The average molecular weight is 422 g/mol. The lowest BCUT2D eigenvalue weighted by Gasteiger charge is -2.23. The maximum atomic E-state index is 12.8. The number of benzene rings is 1. The zero-order valence-electron chi connectivity index (χ0n) is 15.7. The van der Waals surface area contributed by atoms with Crippen molar-refractivity contribution in [2.24, 2.45) is 5.41 Å². The number of carbonyl (C=O) groups excluding carboxylic acids is 2. The normalized spacial score (nSPS) is 19.0. The number of hydrogen-bond acceptors (Lipinski definition) is 4. The predicted octanol–water partition coefficient (Wildman–Crippen LogP) is 3.85. The van der Waals surface area contributed by atoms with Gasteiger partial charge in [0.05, 0.1) is 12.0 Å². The van der Waals surface area contributed by atoms with Crippen molar-refractivity contribution in [3.05, 3.63) is 52.1 Å². The summed E-state index contributed by atoms with van der Waals surface area (Å²) < 4.78 is 5.37. The maximum Gasteiger partial charge on any atom is 0.228 e. The Morgan fingerprint density at radius 1 is 1.29 bits per heavy atom. The first kappa shape index (κ1) is 20.4. The molecular formula is C20H21Cl2N3O3. The lowest BCUT2D eigenvalue weighted by Crippen LogP contribution is -2.40. The van der Waals surface area contributed by atoms with E-state index >= 15 is 0 Å². The van der Waals surface area contributed by atoms with Crippen LogP contribution in [0, 0.1) is 5.41 Å². The number of anilines is 1. The van der Waals surface area contributed by atoms with Crippen LogP contribution in [0.15, 0.2) is 36.5 Å². The Bertz CT molecular complexity index is 886.